The van der Waals surface area contributed by atoms with Crippen LogP contribution in [0, 0.1) is 5.41 Å². The smallest absolute Gasteiger partial charge is 0.242 e. The molecule has 2 amide bonds. The van der Waals surface area contributed by atoms with Crippen molar-refractivity contribution < 1.29 is 9.59 Å². The van der Waals surface area contributed by atoms with Gasteiger partial charge in [-0.05, 0) is 30.2 Å². The first kappa shape index (κ1) is 17.5. The van der Waals surface area contributed by atoms with Crippen molar-refractivity contribution in [3.05, 3.63) is 35.9 Å². The molecule has 1 fully saturated rings. The number of amides is 2. The maximum atomic E-state index is 12.4. The van der Waals surface area contributed by atoms with E-state index in [1.807, 2.05) is 30.3 Å². The van der Waals surface area contributed by atoms with Crippen LogP contribution in [0.3, 0.4) is 0 Å². The molecular formula is C19H28N2O2. The van der Waals surface area contributed by atoms with E-state index in [9.17, 15) is 9.59 Å². The Labute approximate surface area is 139 Å². The first-order chi connectivity index (χ1) is 10.9. The van der Waals surface area contributed by atoms with Crippen molar-refractivity contribution in [3.63, 3.8) is 0 Å². The third-order valence-corrected chi connectivity index (χ3v) is 4.23. The summed E-state index contributed by atoms with van der Waals surface area (Å²) >= 11 is 0. The predicted molar refractivity (Wildman–Crippen MR) is 91.7 cm³/mol. The SMILES string of the molecule is CC(C)(C)CCCNC(=O)C1CCC(=O)N1Cc1ccccc1. The topological polar surface area (TPSA) is 49.4 Å². The summed E-state index contributed by atoms with van der Waals surface area (Å²) in [5.41, 5.74) is 1.35. The van der Waals surface area contributed by atoms with E-state index in [0.717, 1.165) is 18.4 Å². The zero-order valence-electron chi connectivity index (χ0n) is 14.5. The van der Waals surface area contributed by atoms with Gasteiger partial charge in [-0.15, -0.1) is 0 Å². The Morgan fingerprint density at radius 1 is 1.26 bits per heavy atom. The fourth-order valence-corrected chi connectivity index (χ4v) is 2.93. The highest BCUT2D eigenvalue weighted by molar-refractivity contribution is 5.90. The highest BCUT2D eigenvalue weighted by Crippen LogP contribution is 2.22. The number of hydrogen-bond donors (Lipinski definition) is 1. The predicted octanol–water partition coefficient (Wildman–Crippen LogP) is 3.12. The van der Waals surface area contributed by atoms with Crippen molar-refractivity contribution >= 4 is 11.8 Å². The summed E-state index contributed by atoms with van der Waals surface area (Å²) in [4.78, 5) is 26.2. The minimum Gasteiger partial charge on any atom is -0.354 e. The van der Waals surface area contributed by atoms with Crippen LogP contribution in [-0.4, -0.2) is 29.3 Å². The number of carbonyl (C=O) groups excluding carboxylic acids is 2. The molecule has 1 N–H and O–H groups in total. The molecule has 0 spiro atoms. The van der Waals surface area contributed by atoms with Gasteiger partial charge in [0.25, 0.3) is 0 Å². The lowest BCUT2D eigenvalue weighted by molar-refractivity contribution is -0.135. The Hall–Kier alpha value is -1.84. The molecule has 1 aliphatic heterocycles. The number of hydrogen-bond acceptors (Lipinski definition) is 2. The molecule has 0 aromatic heterocycles. The number of likely N-dealkylation sites (tertiary alicyclic amines) is 1. The molecule has 2 rings (SSSR count). The van der Waals surface area contributed by atoms with Crippen molar-refractivity contribution in [2.45, 2.75) is 59.0 Å². The second-order valence-electron chi connectivity index (χ2n) is 7.52. The fourth-order valence-electron chi connectivity index (χ4n) is 2.93. The monoisotopic (exact) mass is 316 g/mol. The Morgan fingerprint density at radius 2 is 1.96 bits per heavy atom. The fraction of sp³-hybridized carbons (Fsp3) is 0.579. The maximum absolute atomic E-state index is 12.4. The molecule has 1 unspecified atom stereocenters. The summed E-state index contributed by atoms with van der Waals surface area (Å²) in [5, 5.41) is 3.00. The molecule has 23 heavy (non-hydrogen) atoms. The zero-order valence-corrected chi connectivity index (χ0v) is 14.5. The lowest BCUT2D eigenvalue weighted by Gasteiger charge is -2.24. The summed E-state index contributed by atoms with van der Waals surface area (Å²) < 4.78 is 0. The Kier molecular flexibility index (Phi) is 5.80. The quantitative estimate of drug-likeness (QED) is 0.820. The molecule has 0 saturated carbocycles. The number of nitrogens with one attached hydrogen (secondary N) is 1. The van der Waals surface area contributed by atoms with Crippen LogP contribution in [0.15, 0.2) is 30.3 Å². The van der Waals surface area contributed by atoms with Crippen LogP contribution < -0.4 is 5.32 Å². The van der Waals surface area contributed by atoms with Gasteiger partial charge in [0.05, 0.1) is 0 Å². The third-order valence-electron chi connectivity index (χ3n) is 4.23. The largest absolute Gasteiger partial charge is 0.354 e. The van der Waals surface area contributed by atoms with Crippen LogP contribution in [0.4, 0.5) is 0 Å². The normalized spacial score (nSPS) is 18.3. The first-order valence-electron chi connectivity index (χ1n) is 8.48. The van der Waals surface area contributed by atoms with E-state index in [2.05, 4.69) is 26.1 Å². The van der Waals surface area contributed by atoms with Gasteiger partial charge in [0.15, 0.2) is 0 Å². The lowest BCUT2D eigenvalue weighted by atomic mass is 9.91. The maximum Gasteiger partial charge on any atom is 0.242 e. The molecule has 1 saturated heterocycles. The van der Waals surface area contributed by atoms with Gasteiger partial charge in [-0.25, -0.2) is 0 Å². The third kappa shape index (κ3) is 5.38. The van der Waals surface area contributed by atoms with Crippen LogP contribution in [0.1, 0.15) is 52.0 Å². The number of benzene rings is 1. The van der Waals surface area contributed by atoms with Gasteiger partial charge >= 0.3 is 0 Å². The van der Waals surface area contributed by atoms with E-state index >= 15 is 0 Å². The molecule has 4 nitrogen and oxygen atoms in total. The van der Waals surface area contributed by atoms with Gasteiger partial charge in [0.1, 0.15) is 6.04 Å². The molecule has 1 atom stereocenters. The van der Waals surface area contributed by atoms with Gasteiger partial charge < -0.3 is 10.2 Å². The Bertz CT molecular complexity index is 534. The van der Waals surface area contributed by atoms with Crippen LogP contribution in [0.2, 0.25) is 0 Å². The Balaban J connectivity index is 1.87. The summed E-state index contributed by atoms with van der Waals surface area (Å²) in [6.45, 7) is 7.80. The summed E-state index contributed by atoms with van der Waals surface area (Å²) in [6, 6.07) is 9.52. The van der Waals surface area contributed by atoms with Crippen LogP contribution in [0.5, 0.6) is 0 Å². The van der Waals surface area contributed by atoms with Gasteiger partial charge in [0, 0.05) is 19.5 Å². The zero-order chi connectivity index (χ0) is 16.9. The van der Waals surface area contributed by atoms with Crippen LogP contribution >= 0.6 is 0 Å². The lowest BCUT2D eigenvalue weighted by Crippen LogP contribution is -2.44. The summed E-state index contributed by atoms with van der Waals surface area (Å²) in [5.74, 6) is 0.0596. The Morgan fingerprint density at radius 3 is 2.61 bits per heavy atom. The van der Waals surface area contributed by atoms with Gasteiger partial charge in [0.2, 0.25) is 11.8 Å². The van der Waals surface area contributed by atoms with Gasteiger partial charge in [-0.2, -0.15) is 0 Å². The molecule has 1 heterocycles. The minimum atomic E-state index is -0.322. The van der Waals surface area contributed by atoms with Crippen molar-refractivity contribution in [1.29, 1.82) is 0 Å². The van der Waals surface area contributed by atoms with Crippen LogP contribution in [-0.2, 0) is 16.1 Å². The summed E-state index contributed by atoms with van der Waals surface area (Å²) in [6.07, 6.45) is 3.13. The number of carbonyl (C=O) groups is 2. The van der Waals surface area contributed by atoms with Crippen molar-refractivity contribution in [1.82, 2.24) is 10.2 Å². The van der Waals surface area contributed by atoms with E-state index in [0.29, 0.717) is 25.9 Å². The van der Waals surface area contributed by atoms with E-state index in [-0.39, 0.29) is 23.3 Å². The average molecular weight is 316 g/mol. The highest BCUT2D eigenvalue weighted by Gasteiger charge is 2.35. The standard InChI is InChI=1S/C19H28N2O2/c1-19(2,3)12-7-13-20-18(23)16-10-11-17(22)21(16)14-15-8-5-4-6-9-15/h4-6,8-9,16H,7,10-14H2,1-3H3,(H,20,23). The molecule has 0 bridgehead atoms. The molecular weight excluding hydrogens is 288 g/mol. The van der Waals surface area contributed by atoms with E-state index in [1.54, 1.807) is 4.90 Å². The second kappa shape index (κ2) is 7.62. The molecule has 126 valence electrons. The molecule has 1 aromatic rings. The molecule has 0 radical (unpaired) electrons. The van der Waals surface area contributed by atoms with E-state index in [1.165, 1.54) is 0 Å². The van der Waals surface area contributed by atoms with Crippen molar-refractivity contribution in [3.8, 4) is 0 Å². The van der Waals surface area contributed by atoms with E-state index in [4.69, 9.17) is 0 Å². The minimum absolute atomic E-state index is 0.0132. The molecule has 0 aliphatic carbocycles. The number of rotatable bonds is 6. The van der Waals surface area contributed by atoms with Crippen molar-refractivity contribution in [2.24, 2.45) is 5.41 Å². The average Bonchev–Trinajstić information content (AvgIpc) is 2.85. The van der Waals surface area contributed by atoms with Gasteiger partial charge in [-0.3, -0.25) is 9.59 Å². The molecule has 1 aromatic carbocycles. The van der Waals surface area contributed by atoms with E-state index < -0.39 is 0 Å². The van der Waals surface area contributed by atoms with Gasteiger partial charge in [-0.1, -0.05) is 51.1 Å². The molecule has 1 aliphatic rings. The highest BCUT2D eigenvalue weighted by atomic mass is 16.2. The van der Waals surface area contributed by atoms with Crippen molar-refractivity contribution in [2.75, 3.05) is 6.54 Å². The summed E-state index contributed by atoms with van der Waals surface area (Å²) in [7, 11) is 0. The first-order valence-corrected chi connectivity index (χ1v) is 8.48. The molecule has 4 heteroatoms. The number of nitrogens with zero attached hydrogens (tertiary/aromatic N) is 1. The second-order valence-corrected chi connectivity index (χ2v) is 7.52. The van der Waals surface area contributed by atoms with Crippen LogP contribution in [0.25, 0.3) is 0 Å².